The molecule has 2 aromatic rings. The lowest BCUT2D eigenvalue weighted by atomic mass is 10.1. The van der Waals surface area contributed by atoms with Crippen molar-refractivity contribution in [2.24, 2.45) is 0 Å². The Morgan fingerprint density at radius 2 is 1.74 bits per heavy atom. The topological polar surface area (TPSA) is 49.0 Å². The number of benzene rings is 1. The third kappa shape index (κ3) is 3.23. The molecule has 1 aromatic carbocycles. The van der Waals surface area contributed by atoms with E-state index in [4.69, 9.17) is 0 Å². The minimum atomic E-state index is -4.62. The van der Waals surface area contributed by atoms with Gasteiger partial charge in [-0.15, -0.1) is 0 Å². The number of hydrogen-bond donors (Lipinski definition) is 1. The van der Waals surface area contributed by atoms with E-state index in [-0.39, 0.29) is 11.4 Å². The van der Waals surface area contributed by atoms with Gasteiger partial charge in [0.15, 0.2) is 0 Å². The van der Waals surface area contributed by atoms with Gasteiger partial charge in [-0.1, -0.05) is 30.3 Å². The predicted molar refractivity (Wildman–Crippen MR) is 78.8 cm³/mol. The van der Waals surface area contributed by atoms with Crippen LogP contribution in [0, 0.1) is 0 Å². The van der Waals surface area contributed by atoms with Gasteiger partial charge in [-0.25, -0.2) is 4.98 Å². The summed E-state index contributed by atoms with van der Waals surface area (Å²) in [6, 6.07) is 8.44. The molecule has 1 saturated heterocycles. The minimum Gasteiger partial charge on any atom is -0.337 e. The van der Waals surface area contributed by atoms with Crippen molar-refractivity contribution < 1.29 is 18.0 Å². The second-order valence-electron chi connectivity index (χ2n) is 5.53. The van der Waals surface area contributed by atoms with E-state index < -0.39 is 17.9 Å². The van der Waals surface area contributed by atoms with Gasteiger partial charge in [0.2, 0.25) is 5.82 Å². The quantitative estimate of drug-likeness (QED) is 0.915. The lowest BCUT2D eigenvalue weighted by molar-refractivity contribution is -0.144. The molecule has 0 atom stereocenters. The van der Waals surface area contributed by atoms with E-state index in [9.17, 15) is 18.0 Å². The molecule has 0 saturated carbocycles. The minimum absolute atomic E-state index is 0.0495. The number of H-pyrrole nitrogens is 1. The Labute approximate surface area is 131 Å². The Kier molecular flexibility index (Phi) is 4.11. The maximum Gasteiger partial charge on any atom is 0.449 e. The predicted octanol–water partition coefficient (Wildman–Crippen LogP) is 3.72. The first-order valence-corrected chi connectivity index (χ1v) is 7.49. The molecule has 0 radical (unpaired) electrons. The van der Waals surface area contributed by atoms with Gasteiger partial charge in [-0.3, -0.25) is 4.79 Å². The van der Waals surface area contributed by atoms with Crippen LogP contribution in [0.5, 0.6) is 0 Å². The second-order valence-corrected chi connectivity index (χ2v) is 5.53. The van der Waals surface area contributed by atoms with Gasteiger partial charge in [0.1, 0.15) is 11.4 Å². The number of carbonyl (C=O) groups excluding carboxylic acids is 1. The zero-order valence-electron chi connectivity index (χ0n) is 12.4. The van der Waals surface area contributed by atoms with Crippen LogP contribution in [-0.4, -0.2) is 33.9 Å². The zero-order valence-corrected chi connectivity index (χ0v) is 12.4. The van der Waals surface area contributed by atoms with Gasteiger partial charge >= 0.3 is 6.18 Å². The van der Waals surface area contributed by atoms with Gasteiger partial charge in [-0.2, -0.15) is 13.2 Å². The summed E-state index contributed by atoms with van der Waals surface area (Å²) in [6.07, 6.45) is -1.85. The summed E-state index contributed by atoms with van der Waals surface area (Å²) in [7, 11) is 0. The highest BCUT2D eigenvalue weighted by molar-refractivity contribution is 5.98. The molecule has 1 amide bonds. The number of hydrogen-bond acceptors (Lipinski definition) is 2. The highest BCUT2D eigenvalue weighted by Crippen LogP contribution is 2.31. The van der Waals surface area contributed by atoms with Crippen LogP contribution in [0.15, 0.2) is 30.3 Å². The van der Waals surface area contributed by atoms with Crippen molar-refractivity contribution in [1.82, 2.24) is 14.9 Å². The molecule has 1 aromatic heterocycles. The average molecular weight is 323 g/mol. The molecule has 0 spiro atoms. The monoisotopic (exact) mass is 323 g/mol. The zero-order chi connectivity index (χ0) is 16.4. The normalized spacial score (nSPS) is 15.7. The highest BCUT2D eigenvalue weighted by Gasteiger charge is 2.37. The van der Waals surface area contributed by atoms with E-state index in [1.165, 1.54) is 0 Å². The number of carbonyl (C=O) groups is 1. The van der Waals surface area contributed by atoms with Crippen LogP contribution < -0.4 is 0 Å². The first-order chi connectivity index (χ1) is 11.0. The van der Waals surface area contributed by atoms with Gasteiger partial charge in [-0.05, 0) is 19.3 Å². The Morgan fingerprint density at radius 3 is 2.35 bits per heavy atom. The number of imidazole rings is 1. The Balaban J connectivity index is 2.03. The molecule has 0 aliphatic carbocycles. The summed E-state index contributed by atoms with van der Waals surface area (Å²) in [4.78, 5) is 20.0. The molecule has 3 rings (SSSR count). The highest BCUT2D eigenvalue weighted by atomic mass is 19.4. The number of aromatic nitrogens is 2. The van der Waals surface area contributed by atoms with Crippen molar-refractivity contribution in [3.8, 4) is 11.3 Å². The van der Waals surface area contributed by atoms with Crippen LogP contribution in [0.4, 0.5) is 13.2 Å². The standard InChI is InChI=1S/C16H16F3N3O/c17-16(18,19)15-20-12(11-7-3-1-4-8-11)13(21-15)14(23)22-9-5-2-6-10-22/h1,3-4,7-8H,2,5-6,9-10H2,(H,20,21). The molecule has 23 heavy (non-hydrogen) atoms. The summed E-state index contributed by atoms with van der Waals surface area (Å²) in [5, 5.41) is 0. The van der Waals surface area contributed by atoms with E-state index in [2.05, 4.69) is 9.97 Å². The van der Waals surface area contributed by atoms with Gasteiger partial charge in [0.05, 0.1) is 0 Å². The van der Waals surface area contributed by atoms with E-state index >= 15 is 0 Å². The first kappa shape index (κ1) is 15.6. The second kappa shape index (κ2) is 6.06. The van der Waals surface area contributed by atoms with Crippen molar-refractivity contribution in [2.45, 2.75) is 25.4 Å². The lowest BCUT2D eigenvalue weighted by Crippen LogP contribution is -2.36. The molecular formula is C16H16F3N3O. The molecule has 1 aliphatic heterocycles. The van der Waals surface area contributed by atoms with E-state index in [1.54, 1.807) is 35.2 Å². The van der Waals surface area contributed by atoms with Gasteiger partial charge in [0.25, 0.3) is 5.91 Å². The van der Waals surface area contributed by atoms with Crippen LogP contribution in [0.1, 0.15) is 35.6 Å². The molecule has 0 unspecified atom stereocenters. The van der Waals surface area contributed by atoms with Crippen molar-refractivity contribution in [3.63, 3.8) is 0 Å². The number of likely N-dealkylation sites (tertiary alicyclic amines) is 1. The number of alkyl halides is 3. The van der Waals surface area contributed by atoms with E-state index in [0.29, 0.717) is 18.7 Å². The van der Waals surface area contributed by atoms with Crippen LogP contribution in [-0.2, 0) is 6.18 Å². The van der Waals surface area contributed by atoms with Crippen molar-refractivity contribution in [2.75, 3.05) is 13.1 Å². The van der Waals surface area contributed by atoms with E-state index in [1.807, 2.05) is 0 Å². The molecule has 7 heteroatoms. The van der Waals surface area contributed by atoms with Crippen molar-refractivity contribution in [1.29, 1.82) is 0 Å². The van der Waals surface area contributed by atoms with Gasteiger partial charge in [0, 0.05) is 18.7 Å². The summed E-state index contributed by atoms with van der Waals surface area (Å²) < 4.78 is 39.0. The van der Waals surface area contributed by atoms with Crippen LogP contribution >= 0.6 is 0 Å². The summed E-state index contributed by atoms with van der Waals surface area (Å²) in [5.41, 5.74) is 0.443. The molecule has 1 fully saturated rings. The number of nitrogens with one attached hydrogen (secondary N) is 1. The van der Waals surface area contributed by atoms with Crippen molar-refractivity contribution >= 4 is 5.91 Å². The fraction of sp³-hybridized carbons (Fsp3) is 0.375. The molecule has 1 N–H and O–H groups in total. The molecule has 0 bridgehead atoms. The third-order valence-corrected chi connectivity index (χ3v) is 3.88. The Bertz CT molecular complexity index is 688. The SMILES string of the molecule is O=C(c1[nH]c(C(F)(F)F)nc1-c1ccccc1)N1CCCCC1. The van der Waals surface area contributed by atoms with Crippen LogP contribution in [0.3, 0.4) is 0 Å². The van der Waals surface area contributed by atoms with Gasteiger partial charge < -0.3 is 9.88 Å². The molecule has 1 aliphatic rings. The Morgan fingerprint density at radius 1 is 1.09 bits per heavy atom. The first-order valence-electron chi connectivity index (χ1n) is 7.49. The molecule has 122 valence electrons. The maximum atomic E-state index is 13.0. The fourth-order valence-electron chi connectivity index (χ4n) is 2.72. The summed E-state index contributed by atoms with van der Waals surface area (Å²) in [6.45, 7) is 1.13. The van der Waals surface area contributed by atoms with Crippen LogP contribution in [0.25, 0.3) is 11.3 Å². The molecule has 4 nitrogen and oxygen atoms in total. The fourth-order valence-corrected chi connectivity index (χ4v) is 2.72. The van der Waals surface area contributed by atoms with Crippen LogP contribution in [0.2, 0.25) is 0 Å². The number of rotatable bonds is 2. The van der Waals surface area contributed by atoms with E-state index in [0.717, 1.165) is 19.3 Å². The maximum absolute atomic E-state index is 13.0. The molecule has 2 heterocycles. The number of amides is 1. The summed E-state index contributed by atoms with van der Waals surface area (Å²) in [5.74, 6) is -1.57. The Hall–Kier alpha value is -2.31. The smallest absolute Gasteiger partial charge is 0.337 e. The number of aromatic amines is 1. The third-order valence-electron chi connectivity index (χ3n) is 3.88. The summed E-state index contributed by atoms with van der Waals surface area (Å²) >= 11 is 0. The number of piperidine rings is 1. The molecular weight excluding hydrogens is 307 g/mol. The lowest BCUT2D eigenvalue weighted by Gasteiger charge is -2.26. The number of nitrogens with zero attached hydrogens (tertiary/aromatic N) is 2. The number of halogens is 3. The average Bonchev–Trinajstić information content (AvgIpc) is 3.01. The largest absolute Gasteiger partial charge is 0.449 e. The van der Waals surface area contributed by atoms with Crippen molar-refractivity contribution in [3.05, 3.63) is 41.9 Å².